The molecule has 5 heteroatoms. The molecule has 1 aromatic heterocycles. The van der Waals surface area contributed by atoms with E-state index < -0.39 is 11.6 Å². The summed E-state index contributed by atoms with van der Waals surface area (Å²) in [7, 11) is 0. The Kier molecular flexibility index (Phi) is 4.04. The first-order valence-electron chi connectivity index (χ1n) is 5.64. The number of aromatic nitrogens is 1. The Balaban J connectivity index is 1.90. The van der Waals surface area contributed by atoms with Gasteiger partial charge in [-0.05, 0) is 31.5 Å². The topological polar surface area (TPSA) is 24.9 Å². The number of benzene rings is 1. The number of nitrogens with zero attached hydrogens (tertiary/aromatic N) is 1. The normalized spacial score (nSPS) is 10.9. The van der Waals surface area contributed by atoms with E-state index in [-0.39, 0.29) is 0 Å². The molecular weight excluding hydrogens is 254 g/mol. The van der Waals surface area contributed by atoms with Gasteiger partial charge in [-0.2, -0.15) is 0 Å². The van der Waals surface area contributed by atoms with Crippen LogP contribution in [0.2, 0.25) is 0 Å². The fourth-order valence-corrected chi connectivity index (χ4v) is 2.48. The van der Waals surface area contributed by atoms with Gasteiger partial charge in [-0.3, -0.25) is 0 Å². The van der Waals surface area contributed by atoms with Crippen LogP contribution >= 0.6 is 11.3 Å². The molecule has 0 radical (unpaired) electrons. The second-order valence-electron chi connectivity index (χ2n) is 4.10. The average molecular weight is 268 g/mol. The maximum atomic E-state index is 13.0. The van der Waals surface area contributed by atoms with Gasteiger partial charge in [0.1, 0.15) is 5.01 Å². The number of hydrogen-bond acceptors (Lipinski definition) is 3. The fourth-order valence-electron chi connectivity index (χ4n) is 1.58. The minimum Gasteiger partial charge on any atom is -0.306 e. The molecule has 0 aliphatic rings. The van der Waals surface area contributed by atoms with Crippen LogP contribution in [0.15, 0.2) is 18.2 Å². The fraction of sp³-hybridized carbons (Fsp3) is 0.308. The van der Waals surface area contributed by atoms with Crippen LogP contribution < -0.4 is 5.32 Å². The van der Waals surface area contributed by atoms with Crippen LogP contribution in [0.1, 0.15) is 21.1 Å². The Labute approximate surface area is 109 Å². The Morgan fingerprint density at radius 2 is 1.94 bits per heavy atom. The monoisotopic (exact) mass is 268 g/mol. The zero-order valence-corrected chi connectivity index (χ0v) is 11.1. The maximum absolute atomic E-state index is 13.0. The van der Waals surface area contributed by atoms with E-state index in [1.54, 1.807) is 17.4 Å². The highest BCUT2D eigenvalue weighted by Crippen LogP contribution is 2.16. The van der Waals surface area contributed by atoms with Gasteiger partial charge in [0.15, 0.2) is 11.6 Å². The van der Waals surface area contributed by atoms with Crippen LogP contribution in [0.3, 0.4) is 0 Å². The summed E-state index contributed by atoms with van der Waals surface area (Å²) < 4.78 is 25.7. The molecule has 0 aliphatic carbocycles. The van der Waals surface area contributed by atoms with Gasteiger partial charge >= 0.3 is 0 Å². The van der Waals surface area contributed by atoms with Gasteiger partial charge in [0, 0.05) is 18.0 Å². The van der Waals surface area contributed by atoms with E-state index in [0.717, 1.165) is 22.3 Å². The number of thiazole rings is 1. The SMILES string of the molecule is Cc1nc(CNCc2ccc(F)c(F)c2)sc1C. The van der Waals surface area contributed by atoms with Crippen LogP contribution in [0.4, 0.5) is 8.78 Å². The lowest BCUT2D eigenvalue weighted by molar-refractivity contribution is 0.506. The highest BCUT2D eigenvalue weighted by molar-refractivity contribution is 7.11. The third kappa shape index (κ3) is 3.11. The van der Waals surface area contributed by atoms with E-state index in [1.165, 1.54) is 10.9 Å². The number of halogens is 2. The van der Waals surface area contributed by atoms with Gasteiger partial charge in [0.25, 0.3) is 0 Å². The highest BCUT2D eigenvalue weighted by atomic mass is 32.1. The van der Waals surface area contributed by atoms with E-state index in [1.807, 2.05) is 13.8 Å². The molecule has 0 saturated carbocycles. The Morgan fingerprint density at radius 3 is 2.56 bits per heavy atom. The molecular formula is C13H14F2N2S. The summed E-state index contributed by atoms with van der Waals surface area (Å²) >= 11 is 1.65. The minimum atomic E-state index is -0.815. The van der Waals surface area contributed by atoms with Crippen molar-refractivity contribution in [1.29, 1.82) is 0 Å². The number of nitrogens with one attached hydrogen (secondary N) is 1. The summed E-state index contributed by atoms with van der Waals surface area (Å²) in [6, 6.07) is 3.93. The number of rotatable bonds is 4. The minimum absolute atomic E-state index is 0.495. The predicted molar refractivity (Wildman–Crippen MR) is 68.5 cm³/mol. The molecule has 1 aromatic carbocycles. The van der Waals surface area contributed by atoms with Gasteiger partial charge in [-0.15, -0.1) is 11.3 Å². The Hall–Kier alpha value is -1.33. The van der Waals surface area contributed by atoms with Crippen molar-refractivity contribution in [1.82, 2.24) is 10.3 Å². The third-order valence-corrected chi connectivity index (χ3v) is 3.74. The standard InChI is InChI=1S/C13H14F2N2S/c1-8-9(2)18-13(17-8)7-16-6-10-3-4-11(14)12(15)5-10/h3-5,16H,6-7H2,1-2H3. The van der Waals surface area contributed by atoms with Crippen LogP contribution in [-0.2, 0) is 13.1 Å². The number of aryl methyl sites for hydroxylation is 2. The van der Waals surface area contributed by atoms with E-state index in [0.29, 0.717) is 13.1 Å². The molecule has 0 spiro atoms. The molecule has 0 unspecified atom stereocenters. The van der Waals surface area contributed by atoms with Crippen LogP contribution in [0, 0.1) is 25.5 Å². The number of hydrogen-bond donors (Lipinski definition) is 1. The average Bonchev–Trinajstić information content (AvgIpc) is 2.63. The van der Waals surface area contributed by atoms with Gasteiger partial charge in [-0.25, -0.2) is 13.8 Å². The van der Waals surface area contributed by atoms with Crippen molar-refractivity contribution in [3.63, 3.8) is 0 Å². The van der Waals surface area contributed by atoms with Crippen molar-refractivity contribution >= 4 is 11.3 Å². The zero-order valence-electron chi connectivity index (χ0n) is 10.3. The molecule has 0 atom stereocenters. The van der Waals surface area contributed by atoms with E-state index >= 15 is 0 Å². The Morgan fingerprint density at radius 1 is 1.17 bits per heavy atom. The lowest BCUT2D eigenvalue weighted by Crippen LogP contribution is -2.12. The molecule has 1 heterocycles. The summed E-state index contributed by atoms with van der Waals surface area (Å²) in [5, 5.41) is 4.17. The summed E-state index contributed by atoms with van der Waals surface area (Å²) in [6.45, 7) is 5.14. The molecule has 2 nitrogen and oxygen atoms in total. The van der Waals surface area contributed by atoms with Crippen molar-refractivity contribution in [2.24, 2.45) is 0 Å². The molecule has 0 bridgehead atoms. The first-order chi connectivity index (χ1) is 8.56. The van der Waals surface area contributed by atoms with Crippen molar-refractivity contribution in [3.05, 3.63) is 51.0 Å². The third-order valence-electron chi connectivity index (χ3n) is 2.66. The van der Waals surface area contributed by atoms with Crippen LogP contribution in [0.25, 0.3) is 0 Å². The second-order valence-corrected chi connectivity index (χ2v) is 5.39. The summed E-state index contributed by atoms with van der Waals surface area (Å²) in [6.07, 6.45) is 0. The van der Waals surface area contributed by atoms with Gasteiger partial charge in [0.2, 0.25) is 0 Å². The molecule has 96 valence electrons. The van der Waals surface area contributed by atoms with E-state index in [4.69, 9.17) is 0 Å². The first kappa shape index (κ1) is 13.1. The predicted octanol–water partition coefficient (Wildman–Crippen LogP) is 3.33. The van der Waals surface area contributed by atoms with Gasteiger partial charge in [0.05, 0.1) is 5.69 Å². The molecule has 0 fully saturated rings. The quantitative estimate of drug-likeness (QED) is 0.920. The van der Waals surface area contributed by atoms with Crippen molar-refractivity contribution in [2.75, 3.05) is 0 Å². The molecule has 18 heavy (non-hydrogen) atoms. The molecule has 2 rings (SSSR count). The second kappa shape index (κ2) is 5.54. The van der Waals surface area contributed by atoms with Crippen LogP contribution in [0.5, 0.6) is 0 Å². The smallest absolute Gasteiger partial charge is 0.159 e. The first-order valence-corrected chi connectivity index (χ1v) is 6.45. The van der Waals surface area contributed by atoms with Crippen LogP contribution in [-0.4, -0.2) is 4.98 Å². The molecule has 2 aromatic rings. The van der Waals surface area contributed by atoms with Crippen molar-refractivity contribution in [3.8, 4) is 0 Å². The van der Waals surface area contributed by atoms with Crippen molar-refractivity contribution < 1.29 is 8.78 Å². The molecule has 0 aliphatic heterocycles. The van der Waals surface area contributed by atoms with Crippen molar-refractivity contribution in [2.45, 2.75) is 26.9 Å². The van der Waals surface area contributed by atoms with Gasteiger partial charge < -0.3 is 5.32 Å². The van der Waals surface area contributed by atoms with E-state index in [2.05, 4.69) is 10.3 Å². The Bertz CT molecular complexity index is 532. The summed E-state index contributed by atoms with van der Waals surface area (Å²) in [4.78, 5) is 5.60. The van der Waals surface area contributed by atoms with E-state index in [9.17, 15) is 8.78 Å². The zero-order chi connectivity index (χ0) is 13.1. The summed E-state index contributed by atoms with van der Waals surface area (Å²) in [5.41, 5.74) is 1.77. The highest BCUT2D eigenvalue weighted by Gasteiger charge is 2.04. The maximum Gasteiger partial charge on any atom is 0.159 e. The largest absolute Gasteiger partial charge is 0.306 e. The molecule has 0 saturated heterocycles. The van der Waals surface area contributed by atoms with Gasteiger partial charge in [-0.1, -0.05) is 6.07 Å². The lowest BCUT2D eigenvalue weighted by atomic mass is 10.2. The lowest BCUT2D eigenvalue weighted by Gasteiger charge is -2.03. The molecule has 1 N–H and O–H groups in total. The molecule has 0 amide bonds. The summed E-state index contributed by atoms with van der Waals surface area (Å²) in [5.74, 6) is -1.62.